The Morgan fingerprint density at radius 2 is 1.68 bits per heavy atom. The Morgan fingerprint density at radius 1 is 1.21 bits per heavy atom. The number of likely N-dealkylation sites (N-methyl/N-ethyl adjacent to an activating group) is 1. The van der Waals surface area contributed by atoms with Crippen LogP contribution in [0.1, 0.15) is 41.0 Å². The van der Waals surface area contributed by atoms with Gasteiger partial charge in [0.15, 0.2) is 0 Å². The van der Waals surface area contributed by atoms with Crippen molar-refractivity contribution in [3.8, 4) is 0 Å². The van der Waals surface area contributed by atoms with E-state index >= 15 is 0 Å². The lowest BCUT2D eigenvalue weighted by molar-refractivity contribution is -0.148. The second-order valence-electron chi connectivity index (χ2n) is 6.15. The van der Waals surface area contributed by atoms with E-state index in [0.29, 0.717) is 0 Å². The predicted molar refractivity (Wildman–Crippen MR) is 70.7 cm³/mol. The maximum Gasteiger partial charge on any atom is 0.410 e. The van der Waals surface area contributed by atoms with Crippen LogP contribution in [0.25, 0.3) is 0 Å². The molecule has 0 radical (unpaired) electrons. The molecule has 1 unspecified atom stereocenters. The van der Waals surface area contributed by atoms with E-state index in [1.807, 2.05) is 0 Å². The third-order valence-corrected chi connectivity index (χ3v) is 2.32. The van der Waals surface area contributed by atoms with Crippen molar-refractivity contribution in [2.24, 2.45) is 0 Å². The zero-order valence-electron chi connectivity index (χ0n) is 12.8. The molecule has 19 heavy (non-hydrogen) atoms. The van der Waals surface area contributed by atoms with Gasteiger partial charge in [-0.15, -0.1) is 0 Å². The van der Waals surface area contributed by atoms with Gasteiger partial charge in [0.25, 0.3) is 0 Å². The average molecular weight is 275 g/mol. The minimum Gasteiger partial charge on any atom is -0.467 e. The molecule has 0 rings (SSSR count). The van der Waals surface area contributed by atoms with E-state index in [4.69, 9.17) is 4.74 Å². The number of nitrogens with zero attached hydrogens (tertiary/aromatic N) is 1. The van der Waals surface area contributed by atoms with E-state index in [2.05, 4.69) is 4.74 Å². The molecule has 0 aromatic heterocycles. The first-order chi connectivity index (χ1) is 8.37. The van der Waals surface area contributed by atoms with Gasteiger partial charge in [-0.05, 0) is 34.6 Å². The fourth-order valence-corrected chi connectivity index (χ4v) is 1.45. The highest BCUT2D eigenvalue weighted by atomic mass is 16.6. The highest BCUT2D eigenvalue weighted by Crippen LogP contribution is 2.18. The van der Waals surface area contributed by atoms with Crippen LogP contribution in [0.3, 0.4) is 0 Å². The number of hydrogen-bond acceptors (Lipinski definition) is 5. The standard InChI is InChI=1S/C13H25NO5/c1-12(2,3)19-11(16)14(6)9(10(15)18-7)8-13(4,5)17/h9,17H,8H2,1-7H3. The second-order valence-corrected chi connectivity index (χ2v) is 6.15. The van der Waals surface area contributed by atoms with Gasteiger partial charge >= 0.3 is 12.1 Å². The van der Waals surface area contributed by atoms with E-state index < -0.39 is 29.3 Å². The number of rotatable bonds is 4. The summed E-state index contributed by atoms with van der Waals surface area (Å²) in [6.45, 7) is 8.34. The Morgan fingerprint density at radius 3 is 2.00 bits per heavy atom. The molecule has 6 nitrogen and oxygen atoms in total. The van der Waals surface area contributed by atoms with Gasteiger partial charge in [-0.2, -0.15) is 0 Å². The van der Waals surface area contributed by atoms with E-state index in [0.717, 1.165) is 4.90 Å². The summed E-state index contributed by atoms with van der Waals surface area (Å²) in [7, 11) is 2.68. The van der Waals surface area contributed by atoms with Gasteiger partial charge in [0.1, 0.15) is 11.6 Å². The molecule has 1 N–H and O–H groups in total. The number of carbonyl (C=O) groups excluding carboxylic acids is 2. The number of amides is 1. The number of carbonyl (C=O) groups is 2. The van der Waals surface area contributed by atoms with Gasteiger partial charge in [-0.1, -0.05) is 0 Å². The van der Waals surface area contributed by atoms with Crippen molar-refractivity contribution in [3.63, 3.8) is 0 Å². The Bertz CT molecular complexity index is 327. The Balaban J connectivity index is 4.96. The number of hydrogen-bond donors (Lipinski definition) is 1. The monoisotopic (exact) mass is 275 g/mol. The highest BCUT2D eigenvalue weighted by Gasteiger charge is 2.34. The van der Waals surface area contributed by atoms with Crippen molar-refractivity contribution < 1.29 is 24.2 Å². The zero-order valence-corrected chi connectivity index (χ0v) is 12.8. The smallest absolute Gasteiger partial charge is 0.410 e. The van der Waals surface area contributed by atoms with Crippen LogP contribution in [-0.4, -0.2) is 53.5 Å². The first kappa shape index (κ1) is 17.7. The van der Waals surface area contributed by atoms with Crippen molar-refractivity contribution in [1.82, 2.24) is 4.90 Å². The lowest BCUT2D eigenvalue weighted by Crippen LogP contribution is -2.48. The molecular formula is C13H25NO5. The van der Waals surface area contributed by atoms with Crippen molar-refractivity contribution in [2.75, 3.05) is 14.2 Å². The van der Waals surface area contributed by atoms with Gasteiger partial charge in [0.2, 0.25) is 0 Å². The van der Waals surface area contributed by atoms with Crippen LogP contribution in [0.4, 0.5) is 4.79 Å². The lowest BCUT2D eigenvalue weighted by Gasteiger charge is -2.32. The molecule has 0 spiro atoms. The summed E-state index contributed by atoms with van der Waals surface area (Å²) in [5.41, 5.74) is -1.75. The van der Waals surface area contributed by atoms with Gasteiger partial charge < -0.3 is 14.6 Å². The Labute approximate surface area is 114 Å². The molecule has 112 valence electrons. The van der Waals surface area contributed by atoms with Gasteiger partial charge in [0, 0.05) is 13.5 Å². The number of aliphatic hydroxyl groups is 1. The van der Waals surface area contributed by atoms with Crippen LogP contribution in [0, 0.1) is 0 Å². The van der Waals surface area contributed by atoms with Crippen LogP contribution in [-0.2, 0) is 14.3 Å². The maximum absolute atomic E-state index is 11.9. The summed E-state index contributed by atoms with van der Waals surface area (Å²) < 4.78 is 9.85. The van der Waals surface area contributed by atoms with Crippen LogP contribution < -0.4 is 0 Å². The topological polar surface area (TPSA) is 76.1 Å². The van der Waals surface area contributed by atoms with E-state index in [1.165, 1.54) is 14.2 Å². The molecular weight excluding hydrogens is 250 g/mol. The van der Waals surface area contributed by atoms with Crippen LogP contribution in [0.2, 0.25) is 0 Å². The van der Waals surface area contributed by atoms with Crippen molar-refractivity contribution in [3.05, 3.63) is 0 Å². The fraction of sp³-hybridized carbons (Fsp3) is 0.846. The molecule has 1 atom stereocenters. The number of esters is 1. The van der Waals surface area contributed by atoms with Crippen LogP contribution in [0.15, 0.2) is 0 Å². The van der Waals surface area contributed by atoms with Crippen LogP contribution >= 0.6 is 0 Å². The molecule has 0 aliphatic carbocycles. The Hall–Kier alpha value is -1.30. The molecule has 0 bridgehead atoms. The van der Waals surface area contributed by atoms with Gasteiger partial charge in [-0.25, -0.2) is 9.59 Å². The molecule has 0 fully saturated rings. The molecule has 1 amide bonds. The van der Waals surface area contributed by atoms with E-state index in [1.54, 1.807) is 34.6 Å². The third-order valence-electron chi connectivity index (χ3n) is 2.32. The zero-order chi connectivity index (χ0) is 15.4. The lowest BCUT2D eigenvalue weighted by atomic mass is 9.98. The highest BCUT2D eigenvalue weighted by molar-refractivity contribution is 5.81. The number of ether oxygens (including phenoxy) is 2. The molecule has 0 heterocycles. The van der Waals surface area contributed by atoms with Gasteiger partial charge in [0.05, 0.1) is 12.7 Å². The normalized spacial score (nSPS) is 13.7. The summed E-state index contributed by atoms with van der Waals surface area (Å²) >= 11 is 0. The summed E-state index contributed by atoms with van der Waals surface area (Å²) in [6, 6.07) is -0.889. The molecule has 6 heteroatoms. The van der Waals surface area contributed by atoms with E-state index in [-0.39, 0.29) is 6.42 Å². The van der Waals surface area contributed by atoms with E-state index in [9.17, 15) is 14.7 Å². The summed E-state index contributed by atoms with van der Waals surface area (Å²) in [4.78, 5) is 24.8. The van der Waals surface area contributed by atoms with Crippen molar-refractivity contribution in [1.29, 1.82) is 0 Å². The molecule has 0 aliphatic heterocycles. The first-order valence-electron chi connectivity index (χ1n) is 6.13. The summed E-state index contributed by atoms with van der Waals surface area (Å²) in [5.74, 6) is -0.588. The molecule has 0 aliphatic rings. The molecule has 0 saturated carbocycles. The summed E-state index contributed by atoms with van der Waals surface area (Å²) in [6.07, 6.45) is -0.567. The predicted octanol–water partition coefficient (Wildman–Crippen LogP) is 1.56. The summed E-state index contributed by atoms with van der Waals surface area (Å²) in [5, 5.41) is 9.81. The Kier molecular flexibility index (Phi) is 5.81. The minimum atomic E-state index is -1.10. The maximum atomic E-state index is 11.9. The largest absolute Gasteiger partial charge is 0.467 e. The van der Waals surface area contributed by atoms with Crippen molar-refractivity contribution >= 4 is 12.1 Å². The second kappa shape index (κ2) is 6.23. The average Bonchev–Trinajstić information content (AvgIpc) is 2.20. The van der Waals surface area contributed by atoms with Gasteiger partial charge in [-0.3, -0.25) is 4.90 Å². The van der Waals surface area contributed by atoms with Crippen molar-refractivity contribution in [2.45, 2.75) is 58.3 Å². The first-order valence-corrected chi connectivity index (χ1v) is 6.13. The number of methoxy groups -OCH3 is 1. The molecule has 0 aromatic carbocycles. The molecule has 0 aromatic rings. The molecule has 0 saturated heterocycles. The minimum absolute atomic E-state index is 0.0649. The third kappa shape index (κ3) is 7.00. The quantitative estimate of drug-likeness (QED) is 0.788. The SMILES string of the molecule is COC(=O)C(CC(C)(C)O)N(C)C(=O)OC(C)(C)C. The fourth-order valence-electron chi connectivity index (χ4n) is 1.45. The van der Waals surface area contributed by atoms with Crippen LogP contribution in [0.5, 0.6) is 0 Å².